The molecule has 0 aliphatic rings. The van der Waals surface area contributed by atoms with Crippen molar-refractivity contribution in [3.8, 4) is 0 Å². The van der Waals surface area contributed by atoms with E-state index in [4.69, 9.17) is 5.73 Å². The summed E-state index contributed by atoms with van der Waals surface area (Å²) >= 11 is 0. The second kappa shape index (κ2) is 12.5. The highest BCUT2D eigenvalue weighted by Crippen LogP contribution is 2.11. The summed E-state index contributed by atoms with van der Waals surface area (Å²) in [6, 6.07) is 0. The number of unbranched alkanes of at least 4 members (excludes halogenated alkanes) is 10. The van der Waals surface area contributed by atoms with Crippen molar-refractivity contribution in [3.05, 3.63) is 6.92 Å². The maximum Gasteiger partial charge on any atom is 0.217 e. The van der Waals surface area contributed by atoms with E-state index in [0.29, 0.717) is 6.42 Å². The van der Waals surface area contributed by atoms with E-state index < -0.39 is 0 Å². The van der Waals surface area contributed by atoms with Crippen LogP contribution in [0.3, 0.4) is 0 Å². The molecule has 16 heavy (non-hydrogen) atoms. The van der Waals surface area contributed by atoms with Crippen LogP contribution in [0, 0.1) is 6.92 Å². The third-order valence-electron chi connectivity index (χ3n) is 2.92. The van der Waals surface area contributed by atoms with Gasteiger partial charge in [0, 0.05) is 6.42 Å². The van der Waals surface area contributed by atoms with Gasteiger partial charge < -0.3 is 5.73 Å². The summed E-state index contributed by atoms with van der Waals surface area (Å²) in [6.07, 6.45) is 14.4. The Kier molecular flexibility index (Phi) is 12.1. The first-order valence-electron chi connectivity index (χ1n) is 6.85. The average Bonchev–Trinajstić information content (AvgIpc) is 2.25. The van der Waals surface area contributed by atoms with Crippen LogP contribution >= 0.6 is 0 Å². The Morgan fingerprint density at radius 2 is 1.12 bits per heavy atom. The van der Waals surface area contributed by atoms with E-state index >= 15 is 0 Å². The first kappa shape index (κ1) is 15.5. The third kappa shape index (κ3) is 13.5. The standard InChI is InChI=1S/C14H28NO/c1-2-3-4-5-6-7-8-9-10-11-12-13-14(15)16/h1-13H2,(H2,15,16). The number of amides is 1. The molecule has 0 spiro atoms. The van der Waals surface area contributed by atoms with Crippen molar-refractivity contribution >= 4 is 5.91 Å². The molecule has 0 unspecified atom stereocenters. The summed E-state index contributed by atoms with van der Waals surface area (Å²) in [5.41, 5.74) is 5.07. The molecule has 2 N–H and O–H groups in total. The SMILES string of the molecule is [CH2]CCCCCCCCCCCCC(N)=O. The van der Waals surface area contributed by atoms with Crippen molar-refractivity contribution in [1.82, 2.24) is 0 Å². The van der Waals surface area contributed by atoms with Crippen LogP contribution in [-0.2, 0) is 4.79 Å². The molecular formula is C14H28NO. The summed E-state index contributed by atoms with van der Waals surface area (Å²) in [6.45, 7) is 3.84. The Hall–Kier alpha value is -0.530. The largest absolute Gasteiger partial charge is 0.370 e. The average molecular weight is 226 g/mol. The topological polar surface area (TPSA) is 43.1 Å². The van der Waals surface area contributed by atoms with Crippen LogP contribution < -0.4 is 5.73 Å². The van der Waals surface area contributed by atoms with Crippen LogP contribution in [0.5, 0.6) is 0 Å². The molecular weight excluding hydrogens is 198 g/mol. The van der Waals surface area contributed by atoms with Gasteiger partial charge in [0.2, 0.25) is 5.91 Å². The summed E-state index contributed by atoms with van der Waals surface area (Å²) in [7, 11) is 0. The van der Waals surface area contributed by atoms with E-state index in [1.807, 2.05) is 0 Å². The lowest BCUT2D eigenvalue weighted by Gasteiger charge is -2.01. The minimum absolute atomic E-state index is 0.162. The number of rotatable bonds is 12. The number of hydrogen-bond acceptors (Lipinski definition) is 1. The van der Waals surface area contributed by atoms with Crippen molar-refractivity contribution < 1.29 is 4.79 Å². The van der Waals surface area contributed by atoms with Crippen LogP contribution in [0.4, 0.5) is 0 Å². The molecule has 1 radical (unpaired) electrons. The van der Waals surface area contributed by atoms with Gasteiger partial charge in [-0.15, -0.1) is 0 Å². The third-order valence-corrected chi connectivity index (χ3v) is 2.92. The minimum atomic E-state index is -0.162. The van der Waals surface area contributed by atoms with Gasteiger partial charge in [-0.25, -0.2) is 0 Å². The van der Waals surface area contributed by atoms with Gasteiger partial charge in [-0.2, -0.15) is 0 Å². The van der Waals surface area contributed by atoms with E-state index in [1.54, 1.807) is 0 Å². The second-order valence-corrected chi connectivity index (χ2v) is 4.61. The summed E-state index contributed by atoms with van der Waals surface area (Å²) in [4.78, 5) is 10.5. The van der Waals surface area contributed by atoms with Crippen molar-refractivity contribution in [2.75, 3.05) is 0 Å². The molecule has 0 aliphatic carbocycles. The van der Waals surface area contributed by atoms with Crippen molar-refractivity contribution in [1.29, 1.82) is 0 Å². The number of primary amides is 1. The highest BCUT2D eigenvalue weighted by molar-refractivity contribution is 5.73. The Labute approximate surface area is 101 Å². The Balaban J connectivity index is 2.90. The van der Waals surface area contributed by atoms with E-state index in [2.05, 4.69) is 6.92 Å². The van der Waals surface area contributed by atoms with Crippen LogP contribution in [0.15, 0.2) is 0 Å². The van der Waals surface area contributed by atoms with Crippen molar-refractivity contribution in [2.45, 2.75) is 77.0 Å². The van der Waals surface area contributed by atoms with E-state index in [0.717, 1.165) is 19.3 Å². The molecule has 0 heterocycles. The van der Waals surface area contributed by atoms with Gasteiger partial charge in [-0.3, -0.25) is 4.79 Å². The first-order chi connectivity index (χ1) is 7.77. The second-order valence-electron chi connectivity index (χ2n) is 4.61. The quantitative estimate of drug-likeness (QED) is 0.502. The van der Waals surface area contributed by atoms with Gasteiger partial charge in [0.1, 0.15) is 0 Å². The molecule has 1 amide bonds. The van der Waals surface area contributed by atoms with Crippen LogP contribution in [0.2, 0.25) is 0 Å². The summed E-state index contributed by atoms with van der Waals surface area (Å²) in [5, 5.41) is 0. The summed E-state index contributed by atoms with van der Waals surface area (Å²) in [5.74, 6) is -0.162. The van der Waals surface area contributed by atoms with Crippen LogP contribution in [0.1, 0.15) is 77.0 Å². The first-order valence-corrected chi connectivity index (χ1v) is 6.85. The fourth-order valence-corrected chi connectivity index (χ4v) is 1.89. The van der Waals surface area contributed by atoms with Crippen molar-refractivity contribution in [2.24, 2.45) is 5.73 Å². The highest BCUT2D eigenvalue weighted by Gasteiger charge is 1.95. The van der Waals surface area contributed by atoms with Crippen LogP contribution in [0.25, 0.3) is 0 Å². The number of carbonyl (C=O) groups is 1. The smallest absolute Gasteiger partial charge is 0.217 e. The zero-order valence-electron chi connectivity index (χ0n) is 10.7. The number of nitrogens with two attached hydrogens (primary N) is 1. The lowest BCUT2D eigenvalue weighted by molar-refractivity contribution is -0.118. The molecule has 0 rings (SSSR count). The summed E-state index contributed by atoms with van der Waals surface area (Å²) < 4.78 is 0. The van der Waals surface area contributed by atoms with Gasteiger partial charge in [0.05, 0.1) is 0 Å². The van der Waals surface area contributed by atoms with E-state index in [1.165, 1.54) is 51.4 Å². The predicted molar refractivity (Wildman–Crippen MR) is 70.0 cm³/mol. The Bertz CT molecular complexity index is 157. The number of hydrogen-bond donors (Lipinski definition) is 1. The molecule has 95 valence electrons. The van der Waals surface area contributed by atoms with Gasteiger partial charge in [-0.05, 0) is 6.42 Å². The van der Waals surface area contributed by atoms with Gasteiger partial charge in [0.25, 0.3) is 0 Å². The fourth-order valence-electron chi connectivity index (χ4n) is 1.89. The van der Waals surface area contributed by atoms with E-state index in [9.17, 15) is 4.79 Å². The monoisotopic (exact) mass is 226 g/mol. The molecule has 0 fully saturated rings. The van der Waals surface area contributed by atoms with Gasteiger partial charge in [0.15, 0.2) is 0 Å². The molecule has 0 aromatic carbocycles. The maximum absolute atomic E-state index is 10.5. The zero-order valence-corrected chi connectivity index (χ0v) is 10.7. The van der Waals surface area contributed by atoms with E-state index in [-0.39, 0.29) is 5.91 Å². The molecule has 2 heteroatoms. The Morgan fingerprint density at radius 1 is 0.750 bits per heavy atom. The van der Waals surface area contributed by atoms with Gasteiger partial charge in [-0.1, -0.05) is 71.1 Å². The van der Waals surface area contributed by atoms with Crippen LogP contribution in [-0.4, -0.2) is 5.91 Å². The molecule has 2 nitrogen and oxygen atoms in total. The lowest BCUT2D eigenvalue weighted by atomic mass is 10.1. The molecule has 0 aromatic rings. The normalized spacial score (nSPS) is 10.6. The zero-order chi connectivity index (χ0) is 12.1. The molecule has 0 aliphatic heterocycles. The molecule has 0 atom stereocenters. The molecule has 0 aromatic heterocycles. The lowest BCUT2D eigenvalue weighted by Crippen LogP contribution is -2.09. The molecule has 0 saturated carbocycles. The maximum atomic E-state index is 10.5. The van der Waals surface area contributed by atoms with Crippen molar-refractivity contribution in [3.63, 3.8) is 0 Å². The van der Waals surface area contributed by atoms with Gasteiger partial charge >= 0.3 is 0 Å². The Morgan fingerprint density at radius 3 is 1.50 bits per heavy atom. The molecule has 0 saturated heterocycles. The highest BCUT2D eigenvalue weighted by atomic mass is 16.1. The minimum Gasteiger partial charge on any atom is -0.370 e. The molecule has 0 bridgehead atoms. The number of carbonyl (C=O) groups excluding carboxylic acids is 1. The predicted octanol–water partition coefficient (Wildman–Crippen LogP) is 3.99. The fraction of sp³-hybridized carbons (Fsp3) is 0.857.